The third kappa shape index (κ3) is 2.45. The van der Waals surface area contributed by atoms with Crippen molar-refractivity contribution < 1.29 is 0 Å². The monoisotopic (exact) mass is 154 g/mol. The highest BCUT2D eigenvalue weighted by Gasteiger charge is 2.10. The van der Waals surface area contributed by atoms with Crippen molar-refractivity contribution in [3.8, 4) is 0 Å². The number of nitrogens with one attached hydrogen (secondary N) is 1. The summed E-state index contributed by atoms with van der Waals surface area (Å²) in [6.07, 6.45) is 3.80. The van der Waals surface area contributed by atoms with Crippen molar-refractivity contribution in [2.75, 3.05) is 19.6 Å². The summed E-state index contributed by atoms with van der Waals surface area (Å²) in [6, 6.07) is 0. The number of hydrogen-bond acceptors (Lipinski definition) is 2. The van der Waals surface area contributed by atoms with Crippen LogP contribution in [-0.2, 0) is 0 Å². The maximum Gasteiger partial charge on any atom is 0.0938 e. The third-order valence-corrected chi connectivity index (χ3v) is 2.10. The highest BCUT2D eigenvalue weighted by Crippen LogP contribution is 2.06. The molecule has 64 valence electrons. The molecule has 1 fully saturated rings. The van der Waals surface area contributed by atoms with Gasteiger partial charge in [0.25, 0.3) is 0 Å². The van der Waals surface area contributed by atoms with Crippen LogP contribution in [0.1, 0.15) is 26.2 Å². The van der Waals surface area contributed by atoms with Gasteiger partial charge in [0, 0.05) is 19.6 Å². The maximum atomic E-state index is 3.96. The van der Waals surface area contributed by atoms with Gasteiger partial charge in [0.2, 0.25) is 0 Å². The molecule has 1 aliphatic rings. The van der Waals surface area contributed by atoms with Gasteiger partial charge in [-0.3, -0.25) is 0 Å². The van der Waals surface area contributed by atoms with E-state index in [0.29, 0.717) is 0 Å². The first-order chi connectivity index (χ1) is 5.34. The lowest BCUT2D eigenvalue weighted by atomic mass is 10.2. The zero-order chi connectivity index (χ0) is 8.10. The van der Waals surface area contributed by atoms with Gasteiger partial charge in [-0.05, 0) is 12.8 Å². The molecule has 0 aromatic carbocycles. The second-order valence-electron chi connectivity index (χ2n) is 3.07. The minimum absolute atomic E-state index is 1.10. The Bertz CT molecular complexity index is 132. The molecule has 0 aliphatic carbocycles. The van der Waals surface area contributed by atoms with E-state index in [0.717, 1.165) is 12.4 Å². The zero-order valence-corrected chi connectivity index (χ0v) is 7.40. The minimum Gasteiger partial charge on any atom is -0.372 e. The molecule has 0 unspecified atom stereocenters. The van der Waals surface area contributed by atoms with Crippen LogP contribution in [0.25, 0.3) is 0 Å². The van der Waals surface area contributed by atoms with Gasteiger partial charge in [-0.15, -0.1) is 0 Å². The Labute approximate surface area is 69.3 Å². The molecule has 0 bridgehead atoms. The normalized spacial score (nSPS) is 18.3. The molecule has 1 rings (SSSR count). The van der Waals surface area contributed by atoms with Gasteiger partial charge in [0.1, 0.15) is 0 Å². The topological polar surface area (TPSA) is 15.3 Å². The van der Waals surface area contributed by atoms with Gasteiger partial charge < -0.3 is 10.2 Å². The van der Waals surface area contributed by atoms with Crippen LogP contribution in [-0.4, -0.2) is 24.5 Å². The summed E-state index contributed by atoms with van der Waals surface area (Å²) in [7, 11) is 0. The molecular weight excluding hydrogens is 136 g/mol. The predicted molar refractivity (Wildman–Crippen MR) is 48.2 cm³/mol. The lowest BCUT2D eigenvalue weighted by Gasteiger charge is -2.31. The molecule has 0 spiro atoms. The van der Waals surface area contributed by atoms with Crippen molar-refractivity contribution in [2.45, 2.75) is 26.2 Å². The first kappa shape index (κ1) is 8.44. The summed E-state index contributed by atoms with van der Waals surface area (Å²) < 4.78 is 0. The summed E-state index contributed by atoms with van der Waals surface area (Å²) in [5.74, 6) is 1.12. The summed E-state index contributed by atoms with van der Waals surface area (Å²) in [5, 5.41) is 3.27. The molecule has 0 atom stereocenters. The Morgan fingerprint density at radius 1 is 1.64 bits per heavy atom. The standard InChI is InChI=1S/C9H18N2/c1-3-4-7-11-8-5-6-10-9(11)2/h10H,2-8H2,1H3. The third-order valence-electron chi connectivity index (χ3n) is 2.10. The van der Waals surface area contributed by atoms with E-state index in [9.17, 15) is 0 Å². The first-order valence-corrected chi connectivity index (χ1v) is 4.52. The Morgan fingerprint density at radius 3 is 3.09 bits per heavy atom. The summed E-state index contributed by atoms with van der Waals surface area (Å²) in [4.78, 5) is 2.34. The molecule has 1 heterocycles. The lowest BCUT2D eigenvalue weighted by molar-refractivity contribution is 0.279. The molecule has 1 aliphatic heterocycles. The van der Waals surface area contributed by atoms with Gasteiger partial charge in [-0.2, -0.15) is 0 Å². The number of rotatable bonds is 3. The van der Waals surface area contributed by atoms with Gasteiger partial charge >= 0.3 is 0 Å². The molecule has 0 aromatic heterocycles. The second-order valence-corrected chi connectivity index (χ2v) is 3.07. The van der Waals surface area contributed by atoms with E-state index in [1.165, 1.54) is 32.4 Å². The van der Waals surface area contributed by atoms with Crippen molar-refractivity contribution in [3.63, 3.8) is 0 Å². The molecule has 0 saturated carbocycles. The van der Waals surface area contributed by atoms with E-state index in [1.807, 2.05) is 0 Å². The second kappa shape index (κ2) is 4.27. The van der Waals surface area contributed by atoms with Crippen molar-refractivity contribution >= 4 is 0 Å². The largest absolute Gasteiger partial charge is 0.372 e. The van der Waals surface area contributed by atoms with Crippen molar-refractivity contribution in [1.82, 2.24) is 10.2 Å². The lowest BCUT2D eigenvalue weighted by Crippen LogP contribution is -2.39. The van der Waals surface area contributed by atoms with Crippen LogP contribution in [0.2, 0.25) is 0 Å². The molecular formula is C9H18N2. The van der Waals surface area contributed by atoms with Gasteiger partial charge in [-0.1, -0.05) is 19.9 Å². The van der Waals surface area contributed by atoms with Crippen LogP contribution < -0.4 is 5.32 Å². The zero-order valence-electron chi connectivity index (χ0n) is 7.40. The Hall–Kier alpha value is -0.660. The van der Waals surface area contributed by atoms with Crippen molar-refractivity contribution in [3.05, 3.63) is 12.4 Å². The fourth-order valence-electron chi connectivity index (χ4n) is 1.35. The van der Waals surface area contributed by atoms with E-state index in [2.05, 4.69) is 23.7 Å². The van der Waals surface area contributed by atoms with Gasteiger partial charge in [-0.25, -0.2) is 0 Å². The average molecular weight is 154 g/mol. The van der Waals surface area contributed by atoms with E-state index >= 15 is 0 Å². The SMILES string of the molecule is C=C1NCCCN1CCCC. The van der Waals surface area contributed by atoms with E-state index in [-0.39, 0.29) is 0 Å². The van der Waals surface area contributed by atoms with Gasteiger partial charge in [0.15, 0.2) is 0 Å². The van der Waals surface area contributed by atoms with Crippen LogP contribution in [0.15, 0.2) is 12.4 Å². The molecule has 2 nitrogen and oxygen atoms in total. The average Bonchev–Trinajstić information content (AvgIpc) is 2.03. The van der Waals surface area contributed by atoms with Crippen molar-refractivity contribution in [2.24, 2.45) is 0 Å². The van der Waals surface area contributed by atoms with Crippen LogP contribution in [0.4, 0.5) is 0 Å². The van der Waals surface area contributed by atoms with E-state index in [1.54, 1.807) is 0 Å². The number of nitrogens with zero attached hydrogens (tertiary/aromatic N) is 1. The smallest absolute Gasteiger partial charge is 0.0938 e. The van der Waals surface area contributed by atoms with Gasteiger partial charge in [0.05, 0.1) is 5.82 Å². The molecule has 0 aromatic rings. The predicted octanol–water partition coefficient (Wildman–Crippen LogP) is 1.55. The molecule has 0 radical (unpaired) electrons. The highest BCUT2D eigenvalue weighted by atomic mass is 15.3. The summed E-state index contributed by atoms with van der Waals surface area (Å²) in [6.45, 7) is 9.64. The fourth-order valence-corrected chi connectivity index (χ4v) is 1.35. The molecule has 11 heavy (non-hydrogen) atoms. The summed E-state index contributed by atoms with van der Waals surface area (Å²) in [5.41, 5.74) is 0. The quantitative estimate of drug-likeness (QED) is 0.663. The molecule has 1 saturated heterocycles. The van der Waals surface area contributed by atoms with Crippen molar-refractivity contribution in [1.29, 1.82) is 0 Å². The maximum absolute atomic E-state index is 3.96. The Kier molecular flexibility index (Phi) is 3.27. The van der Waals surface area contributed by atoms with Crippen LogP contribution in [0, 0.1) is 0 Å². The Morgan fingerprint density at radius 2 is 2.45 bits per heavy atom. The molecule has 2 heteroatoms. The minimum atomic E-state index is 1.10. The molecule has 0 amide bonds. The number of unbranched alkanes of at least 4 members (excludes halogenated alkanes) is 1. The molecule has 1 N–H and O–H groups in total. The van der Waals surface area contributed by atoms with Crippen LogP contribution in [0.3, 0.4) is 0 Å². The number of hydrogen-bond donors (Lipinski definition) is 1. The van der Waals surface area contributed by atoms with Crippen LogP contribution >= 0.6 is 0 Å². The van der Waals surface area contributed by atoms with E-state index < -0.39 is 0 Å². The first-order valence-electron chi connectivity index (χ1n) is 4.52. The van der Waals surface area contributed by atoms with E-state index in [4.69, 9.17) is 0 Å². The fraction of sp³-hybridized carbons (Fsp3) is 0.778. The van der Waals surface area contributed by atoms with Crippen LogP contribution in [0.5, 0.6) is 0 Å². The Balaban J connectivity index is 2.24. The summed E-state index contributed by atoms with van der Waals surface area (Å²) >= 11 is 0. The highest BCUT2D eigenvalue weighted by molar-refractivity contribution is 4.94.